The molecule has 1 atom stereocenters. The summed E-state index contributed by atoms with van der Waals surface area (Å²) in [5, 5.41) is 13.3. The monoisotopic (exact) mass is 404 g/mol. The standard InChI is InChI=1S/C21H17FN6O2/c1-11-15-7-13(22)2-3-14(15)16(4-5-23)26-10-19-20(17(8-24)28-30-19)12-6-18(29-11)21(25)27-9-12/h2-7,9,11H,10,23H2,1H3,(H2,25,27). The van der Waals surface area contributed by atoms with Crippen LogP contribution in [0.5, 0.6) is 5.75 Å². The summed E-state index contributed by atoms with van der Waals surface area (Å²) in [6.07, 6.45) is 3.87. The van der Waals surface area contributed by atoms with Gasteiger partial charge in [0.1, 0.15) is 24.5 Å². The zero-order valence-corrected chi connectivity index (χ0v) is 16.0. The molecule has 2 bridgehead atoms. The molecule has 0 radical (unpaired) electrons. The van der Waals surface area contributed by atoms with Crippen LogP contribution in [0.25, 0.3) is 11.1 Å². The molecule has 1 aliphatic heterocycles. The number of rotatable bonds is 1. The summed E-state index contributed by atoms with van der Waals surface area (Å²) in [6.45, 7) is 1.85. The van der Waals surface area contributed by atoms with Crippen LogP contribution in [-0.4, -0.2) is 15.9 Å². The highest BCUT2D eigenvalue weighted by Gasteiger charge is 2.23. The molecule has 3 heterocycles. The van der Waals surface area contributed by atoms with E-state index in [0.717, 1.165) is 0 Å². The van der Waals surface area contributed by atoms with Gasteiger partial charge in [-0.25, -0.2) is 9.37 Å². The highest BCUT2D eigenvalue weighted by molar-refractivity contribution is 6.09. The maximum Gasteiger partial charge on any atom is 0.191 e. The molecule has 1 aromatic carbocycles. The Morgan fingerprint density at radius 1 is 1.33 bits per heavy atom. The first kappa shape index (κ1) is 19.1. The number of aliphatic imine (C=N–C) groups is 1. The van der Waals surface area contributed by atoms with Crippen LogP contribution in [-0.2, 0) is 6.54 Å². The molecule has 0 spiro atoms. The number of fused-ring (bicyclic) bond motifs is 5. The van der Waals surface area contributed by atoms with E-state index in [4.69, 9.17) is 20.7 Å². The van der Waals surface area contributed by atoms with Crippen molar-refractivity contribution in [1.82, 2.24) is 10.1 Å². The van der Waals surface area contributed by atoms with Crippen LogP contribution in [0, 0.1) is 17.1 Å². The predicted molar refractivity (Wildman–Crippen MR) is 108 cm³/mol. The Morgan fingerprint density at radius 3 is 2.93 bits per heavy atom. The Labute approximate surface area is 171 Å². The fourth-order valence-corrected chi connectivity index (χ4v) is 3.33. The molecule has 4 rings (SSSR count). The van der Waals surface area contributed by atoms with Crippen LogP contribution >= 0.6 is 0 Å². The van der Waals surface area contributed by atoms with Crippen molar-refractivity contribution in [2.75, 3.05) is 5.73 Å². The number of hydrogen-bond donors (Lipinski definition) is 2. The number of nitrogens with two attached hydrogens (primary N) is 2. The minimum atomic E-state index is -0.580. The Kier molecular flexibility index (Phi) is 4.90. The average Bonchev–Trinajstić information content (AvgIpc) is 3.15. The van der Waals surface area contributed by atoms with Crippen molar-refractivity contribution in [1.29, 1.82) is 5.26 Å². The number of aromatic nitrogens is 2. The number of hydrogen-bond acceptors (Lipinski definition) is 8. The molecule has 30 heavy (non-hydrogen) atoms. The zero-order chi connectivity index (χ0) is 21.3. The van der Waals surface area contributed by atoms with Crippen molar-refractivity contribution in [2.24, 2.45) is 10.7 Å². The first-order valence-electron chi connectivity index (χ1n) is 9.05. The van der Waals surface area contributed by atoms with Gasteiger partial charge in [-0.15, -0.1) is 0 Å². The lowest BCUT2D eigenvalue weighted by Gasteiger charge is -2.20. The van der Waals surface area contributed by atoms with Gasteiger partial charge in [0.15, 0.2) is 23.0 Å². The molecule has 0 fully saturated rings. The van der Waals surface area contributed by atoms with Gasteiger partial charge in [0, 0.05) is 22.9 Å². The summed E-state index contributed by atoms with van der Waals surface area (Å²) < 4.78 is 25.4. The lowest BCUT2D eigenvalue weighted by Crippen LogP contribution is -2.13. The molecule has 1 aliphatic rings. The van der Waals surface area contributed by atoms with Crippen molar-refractivity contribution in [3.63, 3.8) is 0 Å². The molecule has 2 aromatic heterocycles. The van der Waals surface area contributed by atoms with E-state index in [9.17, 15) is 9.65 Å². The fourth-order valence-electron chi connectivity index (χ4n) is 3.33. The Balaban J connectivity index is 2.00. The lowest BCUT2D eigenvalue weighted by atomic mass is 9.98. The topological polar surface area (TPSA) is 136 Å². The van der Waals surface area contributed by atoms with Gasteiger partial charge in [0.05, 0.1) is 11.3 Å². The highest BCUT2D eigenvalue weighted by Crippen LogP contribution is 2.35. The molecular weight excluding hydrogens is 387 g/mol. The maximum atomic E-state index is 14.0. The summed E-state index contributed by atoms with van der Waals surface area (Å²) in [7, 11) is 0. The van der Waals surface area contributed by atoms with E-state index in [-0.39, 0.29) is 18.1 Å². The highest BCUT2D eigenvalue weighted by atomic mass is 19.1. The van der Waals surface area contributed by atoms with E-state index in [2.05, 4.69) is 15.1 Å². The Hall–Kier alpha value is -4.19. The van der Waals surface area contributed by atoms with Gasteiger partial charge in [-0.2, -0.15) is 5.26 Å². The second-order valence-electron chi connectivity index (χ2n) is 6.60. The molecule has 9 heteroatoms. The van der Waals surface area contributed by atoms with Crippen molar-refractivity contribution in [3.8, 4) is 22.9 Å². The van der Waals surface area contributed by atoms with Gasteiger partial charge >= 0.3 is 0 Å². The number of halogens is 1. The third kappa shape index (κ3) is 3.35. The van der Waals surface area contributed by atoms with E-state index in [0.29, 0.717) is 39.5 Å². The second kappa shape index (κ2) is 7.67. The van der Waals surface area contributed by atoms with E-state index in [1.165, 1.54) is 24.5 Å². The first-order chi connectivity index (χ1) is 14.5. The molecule has 8 nitrogen and oxygen atoms in total. The summed E-state index contributed by atoms with van der Waals surface area (Å²) in [6, 6.07) is 7.99. The number of nitriles is 1. The largest absolute Gasteiger partial charge is 0.482 e. The number of ether oxygens (including phenoxy) is 1. The number of nitrogens with zero attached hydrogens (tertiary/aromatic N) is 4. The third-order valence-corrected chi connectivity index (χ3v) is 4.72. The summed E-state index contributed by atoms with van der Waals surface area (Å²) in [5.41, 5.74) is 14.4. The molecule has 150 valence electrons. The summed E-state index contributed by atoms with van der Waals surface area (Å²) in [4.78, 5) is 8.75. The van der Waals surface area contributed by atoms with Crippen LogP contribution < -0.4 is 16.2 Å². The quantitative estimate of drug-likeness (QED) is 0.635. The summed E-state index contributed by atoms with van der Waals surface area (Å²) in [5.74, 6) is 0.403. The smallest absolute Gasteiger partial charge is 0.191 e. The van der Waals surface area contributed by atoms with Crippen molar-refractivity contribution in [2.45, 2.75) is 19.6 Å². The van der Waals surface area contributed by atoms with Gasteiger partial charge in [0.25, 0.3) is 0 Å². The fraction of sp³-hybridized carbons (Fsp3) is 0.143. The molecule has 0 amide bonds. The average molecular weight is 404 g/mol. The SMILES string of the molecule is CC1Oc2cc(cnc2N)-c2c(C#N)noc2CN=C(C=CN)c2ccc(F)cc21. The number of pyridine rings is 1. The number of benzene rings is 1. The molecular formula is C21H17FN6O2. The lowest BCUT2D eigenvalue weighted by molar-refractivity contribution is 0.227. The maximum absolute atomic E-state index is 14.0. The van der Waals surface area contributed by atoms with Crippen LogP contribution in [0.1, 0.15) is 35.6 Å². The normalized spacial score (nSPS) is 15.8. The van der Waals surface area contributed by atoms with Crippen LogP contribution in [0.4, 0.5) is 10.2 Å². The predicted octanol–water partition coefficient (Wildman–Crippen LogP) is 3.24. The van der Waals surface area contributed by atoms with Crippen molar-refractivity contribution < 1.29 is 13.7 Å². The number of allylic oxidation sites excluding steroid dienone is 1. The number of anilines is 1. The molecule has 4 N–H and O–H groups in total. The van der Waals surface area contributed by atoms with Crippen molar-refractivity contribution in [3.05, 3.63) is 71.1 Å². The van der Waals surface area contributed by atoms with Gasteiger partial charge in [-0.1, -0.05) is 5.16 Å². The zero-order valence-electron chi connectivity index (χ0n) is 16.0. The van der Waals surface area contributed by atoms with E-state index < -0.39 is 11.9 Å². The molecule has 0 saturated heterocycles. The first-order valence-corrected chi connectivity index (χ1v) is 9.05. The minimum Gasteiger partial charge on any atom is -0.482 e. The van der Waals surface area contributed by atoms with E-state index >= 15 is 0 Å². The second-order valence-corrected chi connectivity index (χ2v) is 6.60. The Bertz CT molecular complexity index is 1220. The van der Waals surface area contributed by atoms with Gasteiger partial charge in [0.2, 0.25) is 0 Å². The molecule has 0 saturated carbocycles. The van der Waals surface area contributed by atoms with Crippen LogP contribution in [0.2, 0.25) is 0 Å². The minimum absolute atomic E-state index is 0.0788. The van der Waals surface area contributed by atoms with Crippen LogP contribution in [0.3, 0.4) is 0 Å². The van der Waals surface area contributed by atoms with E-state index in [1.54, 1.807) is 25.1 Å². The molecule has 1 unspecified atom stereocenters. The molecule has 3 aromatic rings. The van der Waals surface area contributed by atoms with E-state index in [1.807, 2.05) is 6.07 Å². The number of nitrogen functional groups attached to an aromatic ring is 1. The van der Waals surface area contributed by atoms with Gasteiger partial charge in [-0.05, 0) is 43.5 Å². The van der Waals surface area contributed by atoms with Gasteiger partial charge in [-0.3, -0.25) is 4.99 Å². The van der Waals surface area contributed by atoms with Crippen LogP contribution in [0.15, 0.2) is 52.3 Å². The summed E-state index contributed by atoms with van der Waals surface area (Å²) >= 11 is 0. The molecule has 0 aliphatic carbocycles. The third-order valence-electron chi connectivity index (χ3n) is 4.72. The van der Waals surface area contributed by atoms with Gasteiger partial charge < -0.3 is 20.7 Å². The van der Waals surface area contributed by atoms with Crippen molar-refractivity contribution >= 4 is 11.5 Å². The Morgan fingerprint density at radius 2 is 2.17 bits per heavy atom.